The van der Waals surface area contributed by atoms with E-state index in [1.54, 1.807) is 7.05 Å². The summed E-state index contributed by atoms with van der Waals surface area (Å²) < 4.78 is 0. The van der Waals surface area contributed by atoms with Crippen molar-refractivity contribution in [2.24, 2.45) is 5.92 Å². The van der Waals surface area contributed by atoms with E-state index in [0.29, 0.717) is 6.42 Å². The summed E-state index contributed by atoms with van der Waals surface area (Å²) in [5, 5.41) is 11.6. The van der Waals surface area contributed by atoms with Crippen LogP contribution in [0.4, 0.5) is 4.79 Å². The Morgan fingerprint density at radius 3 is 2.18 bits per heavy atom. The van der Waals surface area contributed by atoms with E-state index in [0.717, 1.165) is 6.42 Å². The molecule has 0 saturated heterocycles. The Labute approximate surface area is 103 Å². The van der Waals surface area contributed by atoms with E-state index in [2.05, 4.69) is 5.32 Å². The van der Waals surface area contributed by atoms with Gasteiger partial charge in [-0.3, -0.25) is 0 Å². The maximum Gasteiger partial charge on any atom is 0.326 e. The molecular formula is C12H24N2O3. The number of carbonyl (C=O) groups excluding carboxylic acids is 1. The Bertz CT molecular complexity index is 266. The van der Waals surface area contributed by atoms with Crippen LogP contribution in [0.3, 0.4) is 0 Å². The fourth-order valence-electron chi connectivity index (χ4n) is 1.42. The van der Waals surface area contributed by atoms with Crippen molar-refractivity contribution in [1.29, 1.82) is 0 Å². The van der Waals surface area contributed by atoms with Crippen molar-refractivity contribution >= 4 is 12.0 Å². The van der Waals surface area contributed by atoms with Crippen molar-refractivity contribution < 1.29 is 14.7 Å². The van der Waals surface area contributed by atoms with Gasteiger partial charge in [0.1, 0.15) is 6.04 Å². The van der Waals surface area contributed by atoms with Crippen LogP contribution < -0.4 is 5.32 Å². The van der Waals surface area contributed by atoms with Crippen LogP contribution in [0.1, 0.15) is 40.5 Å². The van der Waals surface area contributed by atoms with Crippen LogP contribution in [0.15, 0.2) is 0 Å². The van der Waals surface area contributed by atoms with Gasteiger partial charge in [0.15, 0.2) is 0 Å². The number of carboxylic acid groups (broad SMARTS) is 1. The van der Waals surface area contributed by atoms with Crippen LogP contribution in [-0.4, -0.2) is 41.1 Å². The monoisotopic (exact) mass is 244 g/mol. The van der Waals surface area contributed by atoms with Gasteiger partial charge in [-0.25, -0.2) is 9.59 Å². The number of urea groups is 1. The van der Waals surface area contributed by atoms with Crippen LogP contribution in [0.25, 0.3) is 0 Å². The number of carbonyl (C=O) groups is 2. The molecular weight excluding hydrogens is 220 g/mol. The molecule has 0 fully saturated rings. The van der Waals surface area contributed by atoms with Crippen molar-refractivity contribution in [2.45, 2.75) is 52.6 Å². The van der Waals surface area contributed by atoms with E-state index in [4.69, 9.17) is 5.11 Å². The first-order valence-corrected chi connectivity index (χ1v) is 6.05. The van der Waals surface area contributed by atoms with Crippen molar-refractivity contribution in [1.82, 2.24) is 10.2 Å². The summed E-state index contributed by atoms with van der Waals surface area (Å²) in [6.07, 6.45) is 1.28. The Hall–Kier alpha value is -1.26. The van der Waals surface area contributed by atoms with Crippen LogP contribution >= 0.6 is 0 Å². The lowest BCUT2D eigenvalue weighted by Gasteiger charge is -2.26. The zero-order valence-corrected chi connectivity index (χ0v) is 11.4. The number of amides is 2. The molecule has 1 unspecified atom stereocenters. The molecule has 100 valence electrons. The van der Waals surface area contributed by atoms with Crippen molar-refractivity contribution in [2.75, 3.05) is 7.05 Å². The molecule has 0 radical (unpaired) electrons. The Morgan fingerprint density at radius 1 is 1.29 bits per heavy atom. The van der Waals surface area contributed by atoms with Crippen LogP contribution in [0, 0.1) is 5.92 Å². The fraction of sp³-hybridized carbons (Fsp3) is 0.833. The lowest BCUT2D eigenvalue weighted by Crippen LogP contribution is -2.49. The maximum atomic E-state index is 11.8. The van der Waals surface area contributed by atoms with Gasteiger partial charge in [0.2, 0.25) is 0 Å². The van der Waals surface area contributed by atoms with Gasteiger partial charge < -0.3 is 15.3 Å². The molecule has 0 aromatic carbocycles. The van der Waals surface area contributed by atoms with Crippen molar-refractivity contribution in [3.05, 3.63) is 0 Å². The molecule has 0 aliphatic heterocycles. The first-order chi connectivity index (χ1) is 7.79. The molecule has 0 aliphatic carbocycles. The van der Waals surface area contributed by atoms with Crippen molar-refractivity contribution in [3.63, 3.8) is 0 Å². The average molecular weight is 244 g/mol. The molecule has 2 atom stereocenters. The summed E-state index contributed by atoms with van der Waals surface area (Å²) in [5.41, 5.74) is 0. The smallest absolute Gasteiger partial charge is 0.326 e. The van der Waals surface area contributed by atoms with Crippen molar-refractivity contribution in [3.8, 4) is 0 Å². The Balaban J connectivity index is 4.45. The Morgan fingerprint density at radius 2 is 1.82 bits per heavy atom. The van der Waals surface area contributed by atoms with E-state index >= 15 is 0 Å². The zero-order chi connectivity index (χ0) is 13.6. The number of aliphatic carboxylic acids is 1. The second-order valence-corrected chi connectivity index (χ2v) is 4.84. The molecule has 0 aliphatic rings. The number of hydrogen-bond acceptors (Lipinski definition) is 2. The fourth-order valence-corrected chi connectivity index (χ4v) is 1.42. The predicted octanol–water partition coefficient (Wildman–Crippen LogP) is 1.93. The molecule has 0 aromatic rings. The molecule has 0 spiro atoms. The van der Waals surface area contributed by atoms with Crippen LogP contribution in [-0.2, 0) is 4.79 Å². The average Bonchev–Trinajstić information content (AvgIpc) is 2.25. The van der Waals surface area contributed by atoms with Gasteiger partial charge in [-0.15, -0.1) is 0 Å². The molecule has 0 heterocycles. The van der Waals surface area contributed by atoms with Gasteiger partial charge in [0.25, 0.3) is 0 Å². The highest BCUT2D eigenvalue weighted by Crippen LogP contribution is 2.07. The van der Waals surface area contributed by atoms with Gasteiger partial charge in [-0.05, 0) is 25.7 Å². The topological polar surface area (TPSA) is 69.6 Å². The quantitative estimate of drug-likeness (QED) is 0.750. The molecule has 2 amide bonds. The standard InChI is InChI=1S/C12H24N2O3/c1-6-9(4)14(5)12(17)13-10(11(15)16)7-8(2)3/h8-10H,6-7H2,1-5H3,(H,13,17)(H,15,16)/t9?,10-/m1/s1. The minimum atomic E-state index is -0.982. The van der Waals surface area contributed by atoms with E-state index < -0.39 is 12.0 Å². The number of rotatable bonds is 6. The third-order valence-electron chi connectivity index (χ3n) is 2.88. The normalized spacial score (nSPS) is 14.2. The van der Waals surface area contributed by atoms with E-state index in [1.165, 1.54) is 4.90 Å². The summed E-state index contributed by atoms with van der Waals surface area (Å²) in [7, 11) is 1.68. The molecule has 5 nitrogen and oxygen atoms in total. The number of carboxylic acids is 1. The summed E-state index contributed by atoms with van der Waals surface area (Å²) in [5.74, 6) is -0.755. The molecule has 0 aromatic heterocycles. The second-order valence-electron chi connectivity index (χ2n) is 4.84. The zero-order valence-electron chi connectivity index (χ0n) is 11.4. The largest absolute Gasteiger partial charge is 0.480 e. The van der Waals surface area contributed by atoms with Gasteiger partial charge in [-0.1, -0.05) is 20.8 Å². The molecule has 2 N–H and O–H groups in total. The lowest BCUT2D eigenvalue weighted by atomic mass is 10.0. The Kier molecular flexibility index (Phi) is 6.61. The SMILES string of the molecule is CCC(C)N(C)C(=O)N[C@H](CC(C)C)C(=O)O. The highest BCUT2D eigenvalue weighted by molar-refractivity contribution is 5.82. The van der Waals surface area contributed by atoms with Gasteiger partial charge in [0, 0.05) is 13.1 Å². The summed E-state index contributed by atoms with van der Waals surface area (Å²) in [6.45, 7) is 7.77. The molecule has 5 heteroatoms. The third kappa shape index (κ3) is 5.56. The van der Waals surface area contributed by atoms with Crippen LogP contribution in [0.2, 0.25) is 0 Å². The minimum absolute atomic E-state index is 0.100. The molecule has 0 rings (SSSR count). The summed E-state index contributed by atoms with van der Waals surface area (Å²) >= 11 is 0. The molecule has 0 bridgehead atoms. The van der Waals surface area contributed by atoms with Gasteiger partial charge in [0.05, 0.1) is 0 Å². The highest BCUT2D eigenvalue weighted by atomic mass is 16.4. The minimum Gasteiger partial charge on any atom is -0.480 e. The third-order valence-corrected chi connectivity index (χ3v) is 2.88. The second kappa shape index (κ2) is 7.14. The lowest BCUT2D eigenvalue weighted by molar-refractivity contribution is -0.139. The summed E-state index contributed by atoms with van der Waals surface area (Å²) in [6, 6.07) is -1.04. The summed E-state index contributed by atoms with van der Waals surface area (Å²) in [4.78, 5) is 24.3. The maximum absolute atomic E-state index is 11.8. The number of hydrogen-bond donors (Lipinski definition) is 2. The predicted molar refractivity (Wildman–Crippen MR) is 66.9 cm³/mol. The van der Waals surface area contributed by atoms with E-state index in [9.17, 15) is 9.59 Å². The molecule has 0 saturated carbocycles. The number of nitrogens with zero attached hydrogens (tertiary/aromatic N) is 1. The highest BCUT2D eigenvalue weighted by Gasteiger charge is 2.23. The van der Waals surface area contributed by atoms with E-state index in [1.807, 2.05) is 27.7 Å². The van der Waals surface area contributed by atoms with Gasteiger partial charge in [-0.2, -0.15) is 0 Å². The molecule has 17 heavy (non-hydrogen) atoms. The number of nitrogens with one attached hydrogen (secondary N) is 1. The van der Waals surface area contributed by atoms with Crippen LogP contribution in [0.5, 0.6) is 0 Å². The first-order valence-electron chi connectivity index (χ1n) is 6.05. The van der Waals surface area contributed by atoms with Gasteiger partial charge >= 0.3 is 12.0 Å². The first kappa shape index (κ1) is 15.7. The van der Waals surface area contributed by atoms with E-state index in [-0.39, 0.29) is 18.0 Å².